The number of carbonyl (C=O) groups is 2. The number of aliphatic hydroxyl groups is 3. The van der Waals surface area contributed by atoms with Crippen molar-refractivity contribution in [1.29, 1.82) is 0 Å². The van der Waals surface area contributed by atoms with Gasteiger partial charge in [0.25, 0.3) is 0 Å². The van der Waals surface area contributed by atoms with E-state index in [2.05, 4.69) is 11.8 Å². The van der Waals surface area contributed by atoms with Gasteiger partial charge in [-0.15, -0.1) is 0 Å². The van der Waals surface area contributed by atoms with E-state index in [0.29, 0.717) is 62.7 Å². The van der Waals surface area contributed by atoms with Gasteiger partial charge in [0.1, 0.15) is 22.6 Å². The maximum absolute atomic E-state index is 14.3. The number of methoxy groups -OCH3 is 2. The number of esters is 1. The zero-order valence-corrected chi connectivity index (χ0v) is 28.3. The van der Waals surface area contributed by atoms with Crippen LogP contribution in [0, 0.1) is 40.4 Å². The maximum atomic E-state index is 14.3. The van der Waals surface area contributed by atoms with Gasteiger partial charge in [0, 0.05) is 81.8 Å². The molecule has 7 bridgehead atoms. The van der Waals surface area contributed by atoms with Gasteiger partial charge in [0.05, 0.1) is 17.8 Å². The van der Waals surface area contributed by atoms with E-state index in [-0.39, 0.29) is 66.0 Å². The summed E-state index contributed by atoms with van der Waals surface area (Å²) in [7, 11) is 3.29. The van der Waals surface area contributed by atoms with Gasteiger partial charge in [-0.05, 0) is 55.2 Å². The number of aliphatic hydroxyl groups excluding tert-OH is 1. The van der Waals surface area contributed by atoms with Gasteiger partial charge < -0.3 is 29.5 Å². The predicted octanol–water partition coefficient (Wildman–Crippen LogP) is 3.40. The fraction of sp³-hybridized carbons (Fsp3) is 0.784. The molecule has 5 saturated carbocycles. The SMILES string of the molecule is CCN1C[C@]2(OC(=O)c3ccccc3CC(=O)CC(C)(C)C)CC[C@H](CO)[C@]34C1[C@H](CC23)[C@@]1(O)C[C@H](OC)[C@H]2CC4[C@]1(O)[C@H]2OC. The number of benzene rings is 1. The fourth-order valence-corrected chi connectivity index (χ4v) is 12.5. The molecule has 7 rings (SSSR count). The monoisotopic (exact) mass is 639 g/mol. The Labute approximate surface area is 273 Å². The summed E-state index contributed by atoms with van der Waals surface area (Å²) in [6.45, 7) is 9.42. The molecule has 254 valence electrons. The molecule has 12 atom stereocenters. The van der Waals surface area contributed by atoms with Crippen molar-refractivity contribution in [3.63, 3.8) is 0 Å². The number of nitrogens with zero attached hydrogens (tertiary/aromatic N) is 1. The Hall–Kier alpha value is -1.88. The van der Waals surface area contributed by atoms with Crippen LogP contribution >= 0.6 is 0 Å². The van der Waals surface area contributed by atoms with Crippen LogP contribution in [0.15, 0.2) is 24.3 Å². The standard InChI is InChI=1S/C37H53NO8/c1-7-38-20-34(46-32(41)24-11-9-8-10-21(24)14-23(40)17-33(2,3)4)13-12-22(19-39)36-28(34)16-26(30(36)38)35(42)18-27(44-5)25-15-29(36)37(35,43)31(25)45-6/h8-11,22,25-31,39,42-43H,7,12-20H2,1-6H3/t22-,25-,26+,27+,28?,29?,30?,31+,34-,35+,36+,37+/m1/s1. The van der Waals surface area contributed by atoms with Gasteiger partial charge in [-0.3, -0.25) is 9.69 Å². The molecule has 1 aromatic carbocycles. The van der Waals surface area contributed by atoms with Crippen molar-refractivity contribution in [3.05, 3.63) is 35.4 Å². The summed E-state index contributed by atoms with van der Waals surface area (Å²) < 4.78 is 18.9. The van der Waals surface area contributed by atoms with Crippen molar-refractivity contribution < 1.29 is 39.1 Å². The second kappa shape index (κ2) is 10.8. The molecule has 5 aliphatic carbocycles. The zero-order valence-electron chi connectivity index (χ0n) is 28.3. The van der Waals surface area contributed by atoms with Crippen LogP contribution in [0.2, 0.25) is 0 Å². The normalized spacial score (nSPS) is 45.5. The fourth-order valence-electron chi connectivity index (χ4n) is 12.5. The third kappa shape index (κ3) is 4.08. The topological polar surface area (TPSA) is 126 Å². The first-order valence-corrected chi connectivity index (χ1v) is 17.4. The van der Waals surface area contributed by atoms with E-state index in [4.69, 9.17) is 14.2 Å². The highest BCUT2D eigenvalue weighted by molar-refractivity contribution is 5.93. The molecule has 46 heavy (non-hydrogen) atoms. The zero-order chi connectivity index (χ0) is 33.0. The summed E-state index contributed by atoms with van der Waals surface area (Å²) >= 11 is 0. The number of carbonyl (C=O) groups excluding carboxylic acids is 2. The minimum Gasteiger partial charge on any atom is -0.454 e. The smallest absolute Gasteiger partial charge is 0.339 e. The van der Waals surface area contributed by atoms with Crippen molar-refractivity contribution in [2.24, 2.45) is 40.4 Å². The lowest BCUT2D eigenvalue weighted by molar-refractivity contribution is -0.333. The second-order valence-electron chi connectivity index (χ2n) is 16.7. The summed E-state index contributed by atoms with van der Waals surface area (Å²) in [4.78, 5) is 29.7. The molecule has 1 saturated heterocycles. The summed E-state index contributed by atoms with van der Waals surface area (Å²) in [5, 5.41) is 36.9. The first-order chi connectivity index (χ1) is 21.8. The second-order valence-corrected chi connectivity index (χ2v) is 16.7. The Morgan fingerprint density at radius 2 is 1.80 bits per heavy atom. The number of likely N-dealkylation sites (N-methyl/N-ethyl adjacent to an activating group) is 1. The Bertz CT molecular complexity index is 1390. The van der Waals surface area contributed by atoms with E-state index < -0.39 is 34.3 Å². The van der Waals surface area contributed by atoms with E-state index in [1.807, 2.05) is 39.0 Å². The van der Waals surface area contributed by atoms with E-state index in [9.17, 15) is 24.9 Å². The van der Waals surface area contributed by atoms with Gasteiger partial charge in [0.2, 0.25) is 0 Å². The van der Waals surface area contributed by atoms with Crippen LogP contribution in [0.5, 0.6) is 0 Å². The highest BCUT2D eigenvalue weighted by Gasteiger charge is 2.88. The van der Waals surface area contributed by atoms with E-state index >= 15 is 0 Å². The number of ketones is 1. The maximum Gasteiger partial charge on any atom is 0.339 e. The Morgan fingerprint density at radius 1 is 1.07 bits per heavy atom. The molecular formula is C37H53NO8. The highest BCUT2D eigenvalue weighted by Crippen LogP contribution is 2.80. The van der Waals surface area contributed by atoms with Crippen LogP contribution in [-0.2, 0) is 25.4 Å². The summed E-state index contributed by atoms with van der Waals surface area (Å²) in [6, 6.07) is 7.21. The molecule has 6 fully saturated rings. The van der Waals surface area contributed by atoms with Gasteiger partial charge in [-0.2, -0.15) is 0 Å². The van der Waals surface area contributed by atoms with Crippen LogP contribution in [0.3, 0.4) is 0 Å². The van der Waals surface area contributed by atoms with E-state index in [1.54, 1.807) is 20.3 Å². The summed E-state index contributed by atoms with van der Waals surface area (Å²) in [6.07, 6.45) is 2.54. The highest BCUT2D eigenvalue weighted by atomic mass is 16.6. The average Bonchev–Trinajstić information content (AvgIpc) is 3.42. The third-order valence-electron chi connectivity index (χ3n) is 13.7. The molecule has 9 nitrogen and oxygen atoms in total. The lowest BCUT2D eigenvalue weighted by Crippen LogP contribution is -2.82. The molecule has 0 amide bonds. The van der Waals surface area contributed by atoms with Crippen LogP contribution in [-0.4, -0.2) is 101 Å². The van der Waals surface area contributed by atoms with Crippen LogP contribution < -0.4 is 0 Å². The number of ether oxygens (including phenoxy) is 3. The molecule has 6 aliphatic rings. The molecule has 1 aromatic rings. The van der Waals surface area contributed by atoms with E-state index in [1.165, 1.54) is 0 Å². The van der Waals surface area contributed by atoms with Gasteiger partial charge in [-0.1, -0.05) is 45.9 Å². The minimum atomic E-state index is -1.51. The van der Waals surface area contributed by atoms with Crippen molar-refractivity contribution in [3.8, 4) is 0 Å². The molecule has 3 N–H and O–H groups in total. The molecule has 0 radical (unpaired) electrons. The molecule has 1 heterocycles. The van der Waals surface area contributed by atoms with Crippen molar-refractivity contribution in [1.82, 2.24) is 4.90 Å². The number of piperidine rings is 1. The number of fused-ring (bicyclic) bond motifs is 2. The quantitative estimate of drug-likeness (QED) is 0.349. The summed E-state index contributed by atoms with van der Waals surface area (Å²) in [5.41, 5.74) is -3.45. The molecule has 3 unspecified atom stereocenters. The number of Topliss-reactive ketones (excluding diaryl/α,β-unsaturated/α-hetero) is 1. The summed E-state index contributed by atoms with van der Waals surface area (Å²) in [5.74, 6) is -1.37. The molecule has 1 spiro atoms. The molecule has 0 aromatic heterocycles. The first kappa shape index (κ1) is 32.7. The van der Waals surface area contributed by atoms with Crippen molar-refractivity contribution in [2.45, 2.75) is 108 Å². The Balaban J connectivity index is 1.31. The molecule has 1 aliphatic heterocycles. The average molecular weight is 640 g/mol. The number of hydrogen-bond acceptors (Lipinski definition) is 9. The lowest BCUT2D eigenvalue weighted by Gasteiger charge is -2.71. The lowest BCUT2D eigenvalue weighted by atomic mass is 9.42. The van der Waals surface area contributed by atoms with Gasteiger partial charge >= 0.3 is 5.97 Å². The molecule has 9 heteroatoms. The number of likely N-dealkylation sites (tertiary alicyclic amines) is 1. The first-order valence-electron chi connectivity index (χ1n) is 17.4. The minimum absolute atomic E-state index is 0.0267. The molecular weight excluding hydrogens is 586 g/mol. The Morgan fingerprint density at radius 3 is 2.46 bits per heavy atom. The van der Waals surface area contributed by atoms with E-state index in [0.717, 1.165) is 0 Å². The van der Waals surface area contributed by atoms with Crippen LogP contribution in [0.25, 0.3) is 0 Å². The number of rotatable bonds is 9. The third-order valence-corrected chi connectivity index (χ3v) is 13.7. The predicted molar refractivity (Wildman–Crippen MR) is 170 cm³/mol. The van der Waals surface area contributed by atoms with Gasteiger partial charge in [-0.25, -0.2) is 4.79 Å². The van der Waals surface area contributed by atoms with Crippen LogP contribution in [0.1, 0.15) is 82.1 Å². The van der Waals surface area contributed by atoms with Crippen molar-refractivity contribution in [2.75, 3.05) is 33.9 Å². The van der Waals surface area contributed by atoms with Crippen molar-refractivity contribution >= 4 is 11.8 Å². The van der Waals surface area contributed by atoms with Gasteiger partial charge in [0.15, 0.2) is 0 Å². The Kier molecular flexibility index (Phi) is 7.67. The number of hydrogen-bond donors (Lipinski definition) is 3. The largest absolute Gasteiger partial charge is 0.454 e. The van der Waals surface area contributed by atoms with Crippen LogP contribution in [0.4, 0.5) is 0 Å².